The number of alkyl carbamates (subject to hydrolysis) is 1. The van der Waals surface area contributed by atoms with Gasteiger partial charge in [0, 0.05) is 9.89 Å². The van der Waals surface area contributed by atoms with Gasteiger partial charge in [0.05, 0.1) is 11.6 Å². The summed E-state index contributed by atoms with van der Waals surface area (Å²) in [6.07, 6.45) is -5.06. The Morgan fingerprint density at radius 1 is 1.35 bits per heavy atom. The van der Waals surface area contributed by atoms with E-state index in [-0.39, 0.29) is 6.61 Å². The van der Waals surface area contributed by atoms with Gasteiger partial charge in [-0.05, 0) is 23.8 Å². The molecule has 1 heterocycles. The van der Waals surface area contributed by atoms with Crippen molar-refractivity contribution in [3.05, 3.63) is 33.8 Å². The van der Waals surface area contributed by atoms with Crippen molar-refractivity contribution in [2.75, 3.05) is 6.61 Å². The van der Waals surface area contributed by atoms with Crippen LogP contribution >= 0.6 is 15.9 Å². The minimum atomic E-state index is -4.43. The molecule has 1 N–H and O–H groups in total. The number of nitrogens with one attached hydrogen (secondary N) is 1. The van der Waals surface area contributed by atoms with Crippen LogP contribution in [0.15, 0.2) is 22.7 Å². The smallest absolute Gasteiger partial charge is 0.416 e. The summed E-state index contributed by atoms with van der Waals surface area (Å²) in [5.41, 5.74) is -0.857. The molecule has 110 valence electrons. The fourth-order valence-electron chi connectivity index (χ4n) is 2.17. The zero-order valence-electron chi connectivity index (χ0n) is 10.8. The summed E-state index contributed by atoms with van der Waals surface area (Å²) in [6.45, 7) is 3.80. The molecular weight excluding hydrogens is 339 g/mol. The first-order valence-corrected chi connectivity index (χ1v) is 6.70. The lowest BCUT2D eigenvalue weighted by atomic mass is 9.80. The van der Waals surface area contributed by atoms with Gasteiger partial charge in [0.25, 0.3) is 0 Å². The number of carbonyl (C=O) groups excluding carboxylic acids is 1. The second-order valence-electron chi connectivity index (χ2n) is 5.41. The van der Waals surface area contributed by atoms with E-state index < -0.39 is 29.3 Å². The minimum absolute atomic E-state index is 0.150. The molecule has 1 aromatic carbocycles. The molecule has 0 saturated carbocycles. The van der Waals surface area contributed by atoms with Crippen LogP contribution in [0.4, 0.5) is 18.0 Å². The molecule has 2 rings (SSSR count). The maximum Gasteiger partial charge on any atom is 0.416 e. The van der Waals surface area contributed by atoms with Gasteiger partial charge in [-0.25, -0.2) is 4.79 Å². The average molecular weight is 352 g/mol. The van der Waals surface area contributed by atoms with Crippen molar-refractivity contribution in [2.24, 2.45) is 5.41 Å². The molecule has 1 saturated heterocycles. The number of alkyl halides is 3. The Kier molecular flexibility index (Phi) is 3.75. The summed E-state index contributed by atoms with van der Waals surface area (Å²) in [6, 6.07) is 3.11. The maximum absolute atomic E-state index is 12.9. The number of halogens is 4. The van der Waals surface area contributed by atoms with E-state index in [1.807, 2.05) is 13.8 Å². The maximum atomic E-state index is 12.9. The fourth-order valence-corrected chi connectivity index (χ4v) is 2.68. The Morgan fingerprint density at radius 3 is 2.60 bits per heavy atom. The van der Waals surface area contributed by atoms with Gasteiger partial charge in [-0.3, -0.25) is 0 Å². The van der Waals surface area contributed by atoms with Gasteiger partial charge < -0.3 is 10.1 Å². The van der Waals surface area contributed by atoms with Crippen LogP contribution < -0.4 is 5.32 Å². The summed E-state index contributed by atoms with van der Waals surface area (Å²) in [7, 11) is 0. The first kappa shape index (κ1) is 15.2. The molecule has 0 spiro atoms. The number of cyclic esters (lactones) is 1. The lowest BCUT2D eigenvalue weighted by molar-refractivity contribution is -0.137. The molecular formula is C13H13BrF3NO2. The predicted molar refractivity (Wildman–Crippen MR) is 70.1 cm³/mol. The van der Waals surface area contributed by atoms with Crippen molar-refractivity contribution in [3.8, 4) is 0 Å². The first-order valence-electron chi connectivity index (χ1n) is 5.90. The third-order valence-corrected chi connectivity index (χ3v) is 3.66. The highest BCUT2D eigenvalue weighted by Crippen LogP contribution is 2.40. The normalized spacial score (nSPS) is 22.1. The SMILES string of the molecule is CC1(C)COC(=O)N[C@@H]1c1cc(Br)cc(C(F)(F)F)c1. The van der Waals surface area contributed by atoms with Crippen molar-refractivity contribution >= 4 is 22.0 Å². The molecule has 1 atom stereocenters. The van der Waals surface area contributed by atoms with Gasteiger partial charge in [-0.2, -0.15) is 13.2 Å². The molecule has 0 aliphatic carbocycles. The zero-order chi connectivity index (χ0) is 15.1. The van der Waals surface area contributed by atoms with Crippen molar-refractivity contribution in [2.45, 2.75) is 26.1 Å². The van der Waals surface area contributed by atoms with Gasteiger partial charge in [0.1, 0.15) is 6.61 Å². The molecule has 1 fully saturated rings. The Hall–Kier alpha value is -1.24. The van der Waals surface area contributed by atoms with Crippen LogP contribution in [0.1, 0.15) is 31.0 Å². The van der Waals surface area contributed by atoms with Crippen molar-refractivity contribution in [3.63, 3.8) is 0 Å². The molecule has 1 aromatic rings. The Bertz CT molecular complexity index is 543. The highest BCUT2D eigenvalue weighted by Gasteiger charge is 2.39. The Morgan fingerprint density at radius 2 is 2.00 bits per heavy atom. The summed E-state index contributed by atoms with van der Waals surface area (Å²) < 4.78 is 43.8. The zero-order valence-corrected chi connectivity index (χ0v) is 12.4. The van der Waals surface area contributed by atoms with Crippen molar-refractivity contribution in [1.82, 2.24) is 5.32 Å². The molecule has 0 radical (unpaired) electrons. The van der Waals surface area contributed by atoms with Crippen LogP contribution in [0.25, 0.3) is 0 Å². The number of hydrogen-bond donors (Lipinski definition) is 1. The summed E-state index contributed by atoms with van der Waals surface area (Å²) in [4.78, 5) is 11.3. The molecule has 1 amide bonds. The molecule has 0 aromatic heterocycles. The van der Waals surface area contributed by atoms with Crippen LogP contribution in [0, 0.1) is 5.41 Å². The Balaban J connectivity index is 2.46. The van der Waals surface area contributed by atoms with Crippen LogP contribution in [0.3, 0.4) is 0 Å². The monoisotopic (exact) mass is 351 g/mol. The fraction of sp³-hybridized carbons (Fsp3) is 0.462. The molecule has 1 aliphatic rings. The molecule has 0 unspecified atom stereocenters. The van der Waals surface area contributed by atoms with Gasteiger partial charge in [0.15, 0.2) is 0 Å². The van der Waals surface area contributed by atoms with E-state index in [1.165, 1.54) is 0 Å². The van der Waals surface area contributed by atoms with Gasteiger partial charge >= 0.3 is 12.3 Å². The van der Waals surface area contributed by atoms with Gasteiger partial charge in [-0.15, -0.1) is 0 Å². The third kappa shape index (κ3) is 3.08. The number of hydrogen-bond acceptors (Lipinski definition) is 2. The number of benzene rings is 1. The molecule has 0 bridgehead atoms. The first-order chi connectivity index (χ1) is 9.09. The van der Waals surface area contributed by atoms with E-state index in [2.05, 4.69) is 21.2 Å². The standard InChI is InChI=1S/C13H13BrF3NO2/c1-12(2)6-20-11(19)18-10(12)7-3-8(13(15,16)17)5-9(14)4-7/h3-5,10H,6H2,1-2H3,(H,18,19)/t10-/m1/s1. The number of carbonyl (C=O) groups is 1. The van der Waals surface area contributed by atoms with E-state index >= 15 is 0 Å². The van der Waals surface area contributed by atoms with E-state index in [0.29, 0.717) is 10.0 Å². The largest absolute Gasteiger partial charge is 0.449 e. The van der Waals surface area contributed by atoms with Crippen LogP contribution in [-0.2, 0) is 10.9 Å². The van der Waals surface area contributed by atoms with Crippen molar-refractivity contribution in [1.29, 1.82) is 0 Å². The number of ether oxygens (including phenoxy) is 1. The van der Waals surface area contributed by atoms with Gasteiger partial charge in [0.2, 0.25) is 0 Å². The highest BCUT2D eigenvalue weighted by atomic mass is 79.9. The van der Waals surface area contributed by atoms with E-state index in [9.17, 15) is 18.0 Å². The minimum Gasteiger partial charge on any atom is -0.449 e. The molecule has 7 heteroatoms. The topological polar surface area (TPSA) is 38.3 Å². The quantitative estimate of drug-likeness (QED) is 0.820. The summed E-state index contributed by atoms with van der Waals surface area (Å²) >= 11 is 3.08. The molecule has 20 heavy (non-hydrogen) atoms. The second-order valence-corrected chi connectivity index (χ2v) is 6.33. The van der Waals surface area contributed by atoms with Crippen LogP contribution in [0.5, 0.6) is 0 Å². The van der Waals surface area contributed by atoms with Crippen molar-refractivity contribution < 1.29 is 22.7 Å². The molecule has 1 aliphatic heterocycles. The number of rotatable bonds is 1. The van der Waals surface area contributed by atoms with Gasteiger partial charge in [-0.1, -0.05) is 29.8 Å². The predicted octanol–water partition coefficient (Wildman–Crippen LogP) is 4.28. The van der Waals surface area contributed by atoms with Crippen LogP contribution in [-0.4, -0.2) is 12.7 Å². The third-order valence-electron chi connectivity index (χ3n) is 3.20. The van der Waals surface area contributed by atoms with Crippen LogP contribution in [0.2, 0.25) is 0 Å². The second kappa shape index (κ2) is 4.95. The highest BCUT2D eigenvalue weighted by molar-refractivity contribution is 9.10. The number of amides is 1. The Labute approximate surface area is 122 Å². The van der Waals surface area contributed by atoms with E-state index in [4.69, 9.17) is 4.74 Å². The average Bonchev–Trinajstić information content (AvgIpc) is 2.30. The van der Waals surface area contributed by atoms with E-state index in [1.54, 1.807) is 6.07 Å². The summed E-state index contributed by atoms with van der Waals surface area (Å²) in [5, 5.41) is 2.58. The lowest BCUT2D eigenvalue weighted by Gasteiger charge is -2.38. The summed E-state index contributed by atoms with van der Waals surface area (Å²) in [5.74, 6) is 0. The lowest BCUT2D eigenvalue weighted by Crippen LogP contribution is -2.47. The molecule has 3 nitrogen and oxygen atoms in total. The van der Waals surface area contributed by atoms with E-state index in [0.717, 1.165) is 12.1 Å².